The Balaban J connectivity index is 2.11. The number of aromatic nitrogens is 1. The van der Waals surface area contributed by atoms with Crippen molar-refractivity contribution in [3.8, 4) is 16.3 Å². The molecule has 0 bridgehead atoms. The number of hydrogen-bond acceptors (Lipinski definition) is 4. The number of thiazole rings is 1. The molecule has 4 heteroatoms. The quantitative estimate of drug-likeness (QED) is 0.870. The smallest absolute Gasteiger partial charge is 0.123 e. The van der Waals surface area contributed by atoms with E-state index in [9.17, 15) is 0 Å². The van der Waals surface area contributed by atoms with Gasteiger partial charge in [0.1, 0.15) is 10.8 Å². The maximum absolute atomic E-state index is 5.73. The molecule has 2 aromatic rings. The molecule has 108 valence electrons. The minimum absolute atomic E-state index is 0.187. The average molecular weight is 290 g/mol. The van der Waals surface area contributed by atoms with Gasteiger partial charge in [0.25, 0.3) is 0 Å². The summed E-state index contributed by atoms with van der Waals surface area (Å²) < 4.78 is 5.73. The molecule has 0 aliphatic rings. The Hall–Kier alpha value is -1.39. The molecular weight excluding hydrogens is 268 g/mol. The summed E-state index contributed by atoms with van der Waals surface area (Å²) in [6.45, 7) is 9.23. The molecule has 0 amide bonds. The van der Waals surface area contributed by atoms with Gasteiger partial charge >= 0.3 is 0 Å². The standard InChI is InChI=1S/C16H22N2OS/c1-11(2)17-9-15-10-18-16(20-15)13-6-5-7-14(8-13)19-12(3)4/h5-8,10-12,17H,9H2,1-4H3. The molecule has 2 rings (SSSR count). The molecule has 1 aromatic carbocycles. The van der Waals surface area contributed by atoms with E-state index in [4.69, 9.17) is 4.74 Å². The Morgan fingerprint density at radius 3 is 2.75 bits per heavy atom. The van der Waals surface area contributed by atoms with Crippen LogP contribution in [-0.2, 0) is 6.54 Å². The summed E-state index contributed by atoms with van der Waals surface area (Å²) in [5, 5.41) is 4.45. The van der Waals surface area contributed by atoms with Crippen LogP contribution in [0.4, 0.5) is 0 Å². The maximum Gasteiger partial charge on any atom is 0.123 e. The minimum Gasteiger partial charge on any atom is -0.491 e. The van der Waals surface area contributed by atoms with Crippen LogP contribution in [0.15, 0.2) is 30.5 Å². The molecule has 0 fully saturated rings. The summed E-state index contributed by atoms with van der Waals surface area (Å²) >= 11 is 1.73. The van der Waals surface area contributed by atoms with Crippen molar-refractivity contribution in [3.05, 3.63) is 35.3 Å². The van der Waals surface area contributed by atoms with E-state index >= 15 is 0 Å². The normalized spacial score (nSPS) is 11.3. The zero-order valence-electron chi connectivity index (χ0n) is 12.5. The Bertz CT molecular complexity index is 549. The van der Waals surface area contributed by atoms with Crippen molar-refractivity contribution < 1.29 is 4.74 Å². The fraction of sp³-hybridized carbons (Fsp3) is 0.438. The van der Waals surface area contributed by atoms with Crippen LogP contribution in [0, 0.1) is 0 Å². The molecule has 0 atom stereocenters. The second kappa shape index (κ2) is 6.86. The molecule has 0 aliphatic carbocycles. The largest absolute Gasteiger partial charge is 0.491 e. The van der Waals surface area contributed by atoms with E-state index in [0.29, 0.717) is 6.04 Å². The first kappa shape index (κ1) is 15.0. The van der Waals surface area contributed by atoms with Crippen molar-refractivity contribution in [1.29, 1.82) is 0 Å². The second-order valence-electron chi connectivity index (χ2n) is 5.36. The molecule has 3 nitrogen and oxygen atoms in total. The van der Waals surface area contributed by atoms with E-state index in [-0.39, 0.29) is 6.10 Å². The van der Waals surface area contributed by atoms with Gasteiger partial charge in [0.15, 0.2) is 0 Å². The predicted octanol–water partition coefficient (Wildman–Crippen LogP) is 4.10. The fourth-order valence-electron chi connectivity index (χ4n) is 1.80. The molecule has 0 saturated heterocycles. The van der Waals surface area contributed by atoms with E-state index in [2.05, 4.69) is 36.3 Å². The molecule has 0 saturated carbocycles. The second-order valence-corrected chi connectivity index (χ2v) is 6.48. The lowest BCUT2D eigenvalue weighted by atomic mass is 10.2. The van der Waals surface area contributed by atoms with Gasteiger partial charge in [-0.1, -0.05) is 26.0 Å². The first-order valence-corrected chi connectivity index (χ1v) is 7.81. The third-order valence-corrected chi connectivity index (χ3v) is 3.74. The van der Waals surface area contributed by atoms with Crippen molar-refractivity contribution in [1.82, 2.24) is 10.3 Å². The molecule has 1 heterocycles. The van der Waals surface area contributed by atoms with Crippen LogP contribution in [0.1, 0.15) is 32.6 Å². The highest BCUT2D eigenvalue weighted by Crippen LogP contribution is 2.28. The van der Waals surface area contributed by atoms with Gasteiger partial charge in [-0.05, 0) is 26.0 Å². The summed E-state index contributed by atoms with van der Waals surface area (Å²) in [5.74, 6) is 0.898. The zero-order chi connectivity index (χ0) is 14.5. The molecule has 20 heavy (non-hydrogen) atoms. The first-order valence-electron chi connectivity index (χ1n) is 7.00. The van der Waals surface area contributed by atoms with Gasteiger partial charge in [-0.15, -0.1) is 11.3 Å². The zero-order valence-corrected chi connectivity index (χ0v) is 13.3. The number of hydrogen-bond donors (Lipinski definition) is 1. The van der Waals surface area contributed by atoms with Gasteiger partial charge < -0.3 is 10.1 Å². The van der Waals surface area contributed by atoms with Crippen LogP contribution in [-0.4, -0.2) is 17.1 Å². The van der Waals surface area contributed by atoms with E-state index in [1.807, 2.05) is 32.2 Å². The summed E-state index contributed by atoms with van der Waals surface area (Å²) in [4.78, 5) is 5.76. The van der Waals surface area contributed by atoms with Gasteiger partial charge in [-0.2, -0.15) is 0 Å². The summed E-state index contributed by atoms with van der Waals surface area (Å²) in [7, 11) is 0. The van der Waals surface area contributed by atoms with Crippen LogP contribution in [0.25, 0.3) is 10.6 Å². The Morgan fingerprint density at radius 2 is 2.05 bits per heavy atom. The van der Waals surface area contributed by atoms with Crippen LogP contribution in [0.3, 0.4) is 0 Å². The van der Waals surface area contributed by atoms with Crippen molar-refractivity contribution in [2.75, 3.05) is 0 Å². The predicted molar refractivity (Wildman–Crippen MR) is 85.3 cm³/mol. The number of nitrogens with one attached hydrogen (secondary N) is 1. The Kier molecular flexibility index (Phi) is 5.15. The third-order valence-electron chi connectivity index (χ3n) is 2.69. The highest BCUT2D eigenvalue weighted by atomic mass is 32.1. The van der Waals surface area contributed by atoms with Crippen molar-refractivity contribution >= 4 is 11.3 Å². The topological polar surface area (TPSA) is 34.2 Å². The lowest BCUT2D eigenvalue weighted by Gasteiger charge is -2.10. The van der Waals surface area contributed by atoms with E-state index in [0.717, 1.165) is 22.9 Å². The van der Waals surface area contributed by atoms with Crippen LogP contribution < -0.4 is 10.1 Å². The number of nitrogens with zero attached hydrogens (tertiary/aromatic N) is 1. The third kappa shape index (κ3) is 4.32. The number of rotatable bonds is 6. The molecule has 0 spiro atoms. The lowest BCUT2D eigenvalue weighted by molar-refractivity contribution is 0.242. The van der Waals surface area contributed by atoms with Gasteiger partial charge in [0.2, 0.25) is 0 Å². The highest BCUT2D eigenvalue weighted by molar-refractivity contribution is 7.15. The van der Waals surface area contributed by atoms with Gasteiger partial charge in [0.05, 0.1) is 6.10 Å². The van der Waals surface area contributed by atoms with Crippen molar-refractivity contribution in [2.45, 2.75) is 46.4 Å². The molecular formula is C16H22N2OS. The average Bonchev–Trinajstić information content (AvgIpc) is 2.84. The van der Waals surface area contributed by atoms with Crippen LogP contribution in [0.2, 0.25) is 0 Å². The van der Waals surface area contributed by atoms with Gasteiger partial charge in [-0.25, -0.2) is 4.98 Å². The first-order chi connectivity index (χ1) is 9.54. The number of benzene rings is 1. The van der Waals surface area contributed by atoms with Gasteiger partial charge in [-0.3, -0.25) is 0 Å². The highest BCUT2D eigenvalue weighted by Gasteiger charge is 2.07. The van der Waals surface area contributed by atoms with E-state index in [1.165, 1.54) is 4.88 Å². The molecule has 0 unspecified atom stereocenters. The monoisotopic (exact) mass is 290 g/mol. The van der Waals surface area contributed by atoms with E-state index < -0.39 is 0 Å². The van der Waals surface area contributed by atoms with Crippen LogP contribution in [0.5, 0.6) is 5.75 Å². The summed E-state index contributed by atoms with van der Waals surface area (Å²) in [5.41, 5.74) is 1.11. The molecule has 0 aliphatic heterocycles. The summed E-state index contributed by atoms with van der Waals surface area (Å²) in [6, 6.07) is 8.62. The molecule has 1 aromatic heterocycles. The fourth-order valence-corrected chi connectivity index (χ4v) is 2.66. The van der Waals surface area contributed by atoms with E-state index in [1.54, 1.807) is 11.3 Å². The summed E-state index contributed by atoms with van der Waals surface area (Å²) in [6.07, 6.45) is 2.14. The minimum atomic E-state index is 0.187. The lowest BCUT2D eigenvalue weighted by Crippen LogP contribution is -2.21. The van der Waals surface area contributed by atoms with Crippen LogP contribution >= 0.6 is 11.3 Å². The molecule has 0 radical (unpaired) electrons. The maximum atomic E-state index is 5.73. The molecule has 1 N–H and O–H groups in total. The van der Waals surface area contributed by atoms with Crippen molar-refractivity contribution in [2.24, 2.45) is 0 Å². The van der Waals surface area contributed by atoms with Crippen molar-refractivity contribution in [3.63, 3.8) is 0 Å². The SMILES string of the molecule is CC(C)NCc1cnc(-c2cccc(OC(C)C)c2)s1. The Labute approximate surface area is 125 Å². The van der Waals surface area contributed by atoms with Gasteiger partial charge in [0, 0.05) is 29.2 Å². The Morgan fingerprint density at radius 1 is 1.25 bits per heavy atom. The number of ether oxygens (including phenoxy) is 1.